The quantitative estimate of drug-likeness (QED) is 0.498. The summed E-state index contributed by atoms with van der Waals surface area (Å²) in [6.07, 6.45) is 2.27. The van der Waals surface area contributed by atoms with E-state index in [1.165, 1.54) is 38.7 Å². The molecule has 0 atom stereocenters. The van der Waals surface area contributed by atoms with Gasteiger partial charge in [-0.05, 0) is 88.3 Å². The van der Waals surface area contributed by atoms with Gasteiger partial charge < -0.3 is 14.7 Å². The molecule has 1 aliphatic carbocycles. The van der Waals surface area contributed by atoms with Crippen molar-refractivity contribution in [1.82, 2.24) is 4.90 Å². The third-order valence-corrected chi connectivity index (χ3v) is 7.41. The van der Waals surface area contributed by atoms with E-state index in [1.54, 1.807) is 33.9 Å². The minimum absolute atomic E-state index is 0.0498. The highest BCUT2D eigenvalue weighted by Crippen LogP contribution is 2.45. The third-order valence-electron chi connectivity index (χ3n) is 5.28. The first kappa shape index (κ1) is 24.2. The fourth-order valence-electron chi connectivity index (χ4n) is 3.84. The molecule has 0 saturated heterocycles. The van der Waals surface area contributed by atoms with Gasteiger partial charge >= 0.3 is 12.1 Å². The Balaban J connectivity index is 1.86. The summed E-state index contributed by atoms with van der Waals surface area (Å²) in [5.41, 5.74) is 3.80. The molecule has 2 aromatic rings. The highest BCUT2D eigenvalue weighted by Gasteiger charge is 2.26. The van der Waals surface area contributed by atoms with Gasteiger partial charge in [-0.2, -0.15) is 0 Å². The molecule has 0 radical (unpaired) electrons. The number of aromatic carboxylic acids is 1. The van der Waals surface area contributed by atoms with Crippen molar-refractivity contribution in [1.29, 1.82) is 0 Å². The number of hydrogen-bond acceptors (Lipinski definition) is 6. The van der Waals surface area contributed by atoms with Crippen LogP contribution in [0.3, 0.4) is 0 Å². The van der Waals surface area contributed by atoms with E-state index in [4.69, 9.17) is 4.74 Å². The normalized spacial score (nSPS) is 14.1. The van der Waals surface area contributed by atoms with E-state index in [0.29, 0.717) is 9.75 Å². The number of allylic oxidation sites excluding steroid dienone is 2. The Morgan fingerprint density at radius 2 is 1.50 bits per heavy atom. The molecule has 0 spiro atoms. The number of Topliss-reactive ketones (excluding diaryl/α,β-unsaturated/α-hetero) is 1. The highest BCUT2D eigenvalue weighted by molar-refractivity contribution is 7.14. The van der Waals surface area contributed by atoms with Crippen LogP contribution in [0.5, 0.6) is 0 Å². The van der Waals surface area contributed by atoms with E-state index in [-0.39, 0.29) is 12.3 Å². The average Bonchev–Trinajstić information content (AvgIpc) is 3.37. The summed E-state index contributed by atoms with van der Waals surface area (Å²) in [7, 11) is 1.56. The first-order valence-corrected chi connectivity index (χ1v) is 12.1. The highest BCUT2D eigenvalue weighted by atomic mass is 32.1. The minimum atomic E-state index is -0.904. The summed E-state index contributed by atoms with van der Waals surface area (Å²) in [6, 6.07) is 3.69. The molecule has 172 valence electrons. The topological polar surface area (TPSA) is 83.9 Å². The molecule has 6 nitrogen and oxygen atoms in total. The molecule has 3 rings (SSSR count). The van der Waals surface area contributed by atoms with Gasteiger partial charge in [0.1, 0.15) is 10.5 Å². The maximum absolute atomic E-state index is 12.9. The molecule has 0 unspecified atom stereocenters. The summed E-state index contributed by atoms with van der Waals surface area (Å²) >= 11 is 2.73. The van der Waals surface area contributed by atoms with Crippen LogP contribution < -0.4 is 0 Å². The van der Waals surface area contributed by atoms with Crippen LogP contribution in [0.1, 0.15) is 80.3 Å². The zero-order chi connectivity index (χ0) is 23.8. The van der Waals surface area contributed by atoms with Gasteiger partial charge in [0, 0.05) is 16.8 Å². The van der Waals surface area contributed by atoms with E-state index in [9.17, 15) is 19.5 Å². The lowest BCUT2D eigenvalue weighted by molar-refractivity contribution is 0.0295. The van der Waals surface area contributed by atoms with E-state index in [0.717, 1.165) is 40.1 Å². The maximum Gasteiger partial charge on any atom is 0.410 e. The average molecular weight is 476 g/mol. The Hall–Kier alpha value is -2.45. The monoisotopic (exact) mass is 475 g/mol. The molecule has 2 aromatic heterocycles. The molecule has 0 aromatic carbocycles. The van der Waals surface area contributed by atoms with Crippen molar-refractivity contribution in [2.24, 2.45) is 0 Å². The molecule has 1 N–H and O–H groups in total. The molecule has 1 amide bonds. The van der Waals surface area contributed by atoms with Crippen LogP contribution in [0, 0.1) is 13.8 Å². The number of hydrogen-bond donors (Lipinski definition) is 1. The molecule has 0 saturated carbocycles. The second kappa shape index (κ2) is 9.19. The fraction of sp³-hybridized carbons (Fsp3) is 0.458. The van der Waals surface area contributed by atoms with Crippen molar-refractivity contribution in [2.45, 2.75) is 59.5 Å². The summed E-state index contributed by atoms with van der Waals surface area (Å²) in [5, 5.41) is 9.35. The molecule has 32 heavy (non-hydrogen) atoms. The van der Waals surface area contributed by atoms with E-state index in [1.807, 2.05) is 19.9 Å². The number of nitrogens with zero attached hydrogens (tertiary/aromatic N) is 1. The third kappa shape index (κ3) is 5.30. The lowest BCUT2D eigenvalue weighted by Crippen LogP contribution is -2.37. The first-order valence-electron chi connectivity index (χ1n) is 10.5. The number of carboxylic acid groups (broad SMARTS) is 1. The van der Waals surface area contributed by atoms with Gasteiger partial charge in [0.05, 0.1) is 11.4 Å². The minimum Gasteiger partial charge on any atom is -0.477 e. The van der Waals surface area contributed by atoms with Crippen molar-refractivity contribution < 1.29 is 24.2 Å². The summed E-state index contributed by atoms with van der Waals surface area (Å²) < 4.78 is 5.33. The van der Waals surface area contributed by atoms with Crippen molar-refractivity contribution in [3.05, 3.63) is 42.8 Å². The van der Waals surface area contributed by atoms with E-state index in [2.05, 4.69) is 0 Å². The lowest BCUT2D eigenvalue weighted by Gasteiger charge is -2.24. The zero-order valence-corrected chi connectivity index (χ0v) is 21.0. The number of amides is 1. The van der Waals surface area contributed by atoms with Gasteiger partial charge in [-0.25, -0.2) is 9.59 Å². The van der Waals surface area contributed by atoms with Crippen LogP contribution in [-0.4, -0.2) is 47.0 Å². The van der Waals surface area contributed by atoms with Gasteiger partial charge in [0.15, 0.2) is 5.78 Å². The smallest absolute Gasteiger partial charge is 0.410 e. The molecule has 0 fully saturated rings. The van der Waals surface area contributed by atoms with Crippen molar-refractivity contribution >= 4 is 51.7 Å². The Labute approximate surface area is 196 Å². The Bertz CT molecular complexity index is 1100. The number of ether oxygens (including phenoxy) is 1. The van der Waals surface area contributed by atoms with Crippen LogP contribution in [-0.2, 0) is 4.74 Å². The zero-order valence-electron chi connectivity index (χ0n) is 19.3. The number of ketones is 1. The summed E-state index contributed by atoms with van der Waals surface area (Å²) in [6.45, 7) is 9.27. The molecule has 1 aliphatic rings. The second-order valence-electron chi connectivity index (χ2n) is 9.04. The number of carbonyl (C=O) groups excluding carboxylic acids is 2. The molecule has 2 heterocycles. The number of carbonyl (C=O) groups is 3. The summed E-state index contributed by atoms with van der Waals surface area (Å²) in [5.74, 6) is -1.03. The van der Waals surface area contributed by atoms with Crippen molar-refractivity contribution in [3.8, 4) is 0 Å². The predicted molar refractivity (Wildman–Crippen MR) is 129 cm³/mol. The SMILES string of the molecule is Cc1sc(C(=O)O)cc1C1=C(c2cc(C(=O)CN(C)C(=O)OC(C)(C)C)sc2C)CCC1. The van der Waals surface area contributed by atoms with Crippen LogP contribution in [0.4, 0.5) is 4.79 Å². The van der Waals surface area contributed by atoms with Crippen LogP contribution in [0.2, 0.25) is 0 Å². The van der Waals surface area contributed by atoms with E-state index < -0.39 is 17.7 Å². The molecule has 0 bridgehead atoms. The second-order valence-corrected chi connectivity index (χ2v) is 11.5. The van der Waals surface area contributed by atoms with Crippen LogP contribution >= 0.6 is 22.7 Å². The predicted octanol–water partition coefficient (Wildman–Crippen LogP) is 6.27. The van der Waals surface area contributed by atoms with Gasteiger partial charge in [-0.1, -0.05) is 0 Å². The Kier molecular flexibility index (Phi) is 6.95. The van der Waals surface area contributed by atoms with Crippen molar-refractivity contribution in [2.75, 3.05) is 13.6 Å². The maximum atomic E-state index is 12.9. The number of thiophene rings is 2. The first-order chi connectivity index (χ1) is 14.9. The molecular weight excluding hydrogens is 446 g/mol. The number of likely N-dealkylation sites (N-methyl/N-ethyl adjacent to an activating group) is 1. The van der Waals surface area contributed by atoms with Gasteiger partial charge in [-0.15, -0.1) is 22.7 Å². The number of rotatable bonds is 6. The van der Waals surface area contributed by atoms with Gasteiger partial charge in [0.25, 0.3) is 0 Å². The fourth-order valence-corrected chi connectivity index (χ4v) is 5.71. The van der Waals surface area contributed by atoms with Crippen LogP contribution in [0.25, 0.3) is 11.1 Å². The van der Waals surface area contributed by atoms with Crippen molar-refractivity contribution in [3.63, 3.8) is 0 Å². The largest absolute Gasteiger partial charge is 0.477 e. The van der Waals surface area contributed by atoms with Gasteiger partial charge in [0.2, 0.25) is 0 Å². The van der Waals surface area contributed by atoms with Gasteiger partial charge in [-0.3, -0.25) is 4.79 Å². The number of aryl methyl sites for hydroxylation is 2. The summed E-state index contributed by atoms with van der Waals surface area (Å²) in [4.78, 5) is 40.8. The standard InChI is InChI=1S/C24H29NO5S2/c1-13-17(10-20(31-13)19(26)12-25(6)23(29)30-24(3,4)5)15-8-7-9-16(15)18-11-21(22(27)28)32-14(18)2/h10-11H,7-9,12H2,1-6H3,(H,27,28). The lowest BCUT2D eigenvalue weighted by atomic mass is 9.97. The Morgan fingerprint density at radius 1 is 1.00 bits per heavy atom. The van der Waals surface area contributed by atoms with Crippen LogP contribution in [0.15, 0.2) is 12.1 Å². The number of carboxylic acids is 1. The molecular formula is C24H29NO5S2. The molecule has 8 heteroatoms. The Morgan fingerprint density at radius 3 is 1.97 bits per heavy atom. The molecule has 0 aliphatic heterocycles. The van der Waals surface area contributed by atoms with E-state index >= 15 is 0 Å².